The van der Waals surface area contributed by atoms with Gasteiger partial charge < -0.3 is 24.5 Å². The summed E-state index contributed by atoms with van der Waals surface area (Å²) < 4.78 is 28.5. The number of aryl methyl sites for hydroxylation is 1. The van der Waals surface area contributed by atoms with Gasteiger partial charge in [0.2, 0.25) is 5.82 Å². The van der Waals surface area contributed by atoms with Gasteiger partial charge in [0.25, 0.3) is 0 Å². The maximum absolute atomic E-state index is 14.7. The number of halogens is 1. The van der Waals surface area contributed by atoms with Crippen molar-refractivity contribution in [2.45, 2.75) is 19.6 Å². The molecule has 15 heteroatoms. The number of hydrogen-bond acceptors (Lipinski definition) is 8. The number of aromatic nitrogens is 5. The number of amides is 1. The lowest BCUT2D eigenvalue weighted by Crippen LogP contribution is -2.25. The molecule has 0 aliphatic carbocycles. The number of aliphatic hydroxyl groups is 1. The van der Waals surface area contributed by atoms with Crippen LogP contribution < -0.4 is 4.90 Å². The largest absolute Gasteiger partial charge is 0.466 e. The van der Waals surface area contributed by atoms with Crippen LogP contribution in [-0.2, 0) is 15.8 Å². The Hall–Kier alpha value is -3.29. The highest BCUT2D eigenvalue weighted by atomic mass is 31.2. The van der Waals surface area contributed by atoms with Crippen LogP contribution in [0.25, 0.3) is 22.6 Å². The molecule has 13 nitrogen and oxygen atoms in total. The number of tetrazole rings is 1. The number of benzene rings is 1. The summed E-state index contributed by atoms with van der Waals surface area (Å²) in [5.74, 6) is -0.0995. The molecule has 33 heavy (non-hydrogen) atoms. The van der Waals surface area contributed by atoms with Crippen LogP contribution >= 0.6 is 7.82 Å². The van der Waals surface area contributed by atoms with Crippen LogP contribution in [0.2, 0.25) is 0 Å². The van der Waals surface area contributed by atoms with Gasteiger partial charge in [0.1, 0.15) is 17.6 Å². The zero-order valence-corrected chi connectivity index (χ0v) is 18.1. The van der Waals surface area contributed by atoms with Crippen LogP contribution in [0.15, 0.2) is 36.5 Å². The van der Waals surface area contributed by atoms with E-state index in [1.54, 1.807) is 24.3 Å². The van der Waals surface area contributed by atoms with Gasteiger partial charge in [0.05, 0.1) is 25.4 Å². The summed E-state index contributed by atoms with van der Waals surface area (Å²) in [4.78, 5) is 40.4. The second-order valence-corrected chi connectivity index (χ2v) is 7.74. The van der Waals surface area contributed by atoms with Crippen molar-refractivity contribution in [2.75, 3.05) is 18.1 Å². The minimum absolute atomic E-state index is 0.176. The molecule has 1 fully saturated rings. The third-order valence-electron chi connectivity index (χ3n) is 4.38. The minimum atomic E-state index is -4.64. The molecule has 0 bridgehead atoms. The number of cyclic esters (lactones) is 1. The van der Waals surface area contributed by atoms with E-state index in [0.29, 0.717) is 34.9 Å². The quantitative estimate of drug-likeness (QED) is 0.380. The fraction of sp³-hybridized carbons (Fsp3) is 0.278. The van der Waals surface area contributed by atoms with Crippen molar-refractivity contribution < 1.29 is 38.3 Å². The van der Waals surface area contributed by atoms with Gasteiger partial charge in [0, 0.05) is 17.3 Å². The number of aliphatic hydroxyl groups excluding tert-OH is 1. The predicted octanol–water partition coefficient (Wildman–Crippen LogP) is 0.950. The molecule has 1 saturated heterocycles. The van der Waals surface area contributed by atoms with Crippen LogP contribution in [0, 0.1) is 5.82 Å². The van der Waals surface area contributed by atoms with Gasteiger partial charge in [-0.05, 0) is 36.4 Å². The molecule has 0 unspecified atom stereocenters. The molecule has 1 aromatic carbocycles. The van der Waals surface area contributed by atoms with Gasteiger partial charge in [-0.3, -0.25) is 9.88 Å². The van der Waals surface area contributed by atoms with Gasteiger partial charge in [0.15, 0.2) is 0 Å². The van der Waals surface area contributed by atoms with Gasteiger partial charge in [-0.25, -0.2) is 13.8 Å². The van der Waals surface area contributed by atoms with Gasteiger partial charge in [-0.1, -0.05) is 6.07 Å². The number of carbonyl (C=O) groups excluding carboxylic acids is 1. The first-order valence-electron chi connectivity index (χ1n) is 9.50. The first-order chi connectivity index (χ1) is 15.6. The molecule has 176 valence electrons. The number of carbonyl (C=O) groups is 1. The van der Waals surface area contributed by atoms with E-state index < -0.39 is 25.8 Å². The number of pyridine rings is 1. The number of rotatable bonds is 5. The molecule has 0 spiro atoms. The molecule has 0 radical (unpaired) electrons. The first kappa shape index (κ1) is 24.4. The maximum atomic E-state index is 14.7. The first-order valence-corrected chi connectivity index (χ1v) is 11.1. The highest BCUT2D eigenvalue weighted by molar-refractivity contribution is 7.45. The summed E-state index contributed by atoms with van der Waals surface area (Å²) in [6.45, 7) is 2.41. The van der Waals surface area contributed by atoms with E-state index in [1.165, 1.54) is 22.0 Å². The third-order valence-corrected chi connectivity index (χ3v) is 4.38. The van der Waals surface area contributed by atoms with Gasteiger partial charge >= 0.3 is 13.9 Å². The molecule has 4 N–H and O–H groups in total. The minimum Gasteiger partial charge on any atom is -0.441 e. The second-order valence-electron chi connectivity index (χ2n) is 6.71. The van der Waals surface area contributed by atoms with E-state index in [-0.39, 0.29) is 13.2 Å². The van der Waals surface area contributed by atoms with E-state index in [0.717, 1.165) is 0 Å². The molecule has 3 heterocycles. The summed E-state index contributed by atoms with van der Waals surface area (Å²) in [6.07, 6.45) is 0.322. The summed E-state index contributed by atoms with van der Waals surface area (Å²) in [7, 11) is -4.64. The lowest BCUT2D eigenvalue weighted by atomic mass is 10.1. The SMILES string of the molecule is CCn1nnc(-c2ccc(-c3ccc(N4C[C@H](CO)OC4=O)cc3F)cn2)n1.O=P(O)(O)O. The number of hydrogen-bond donors (Lipinski definition) is 4. The average molecular weight is 482 g/mol. The van der Waals surface area contributed by atoms with E-state index in [2.05, 4.69) is 20.4 Å². The normalized spacial score (nSPS) is 15.8. The van der Waals surface area contributed by atoms with Crippen LogP contribution in [-0.4, -0.2) is 70.3 Å². The summed E-state index contributed by atoms with van der Waals surface area (Å²) in [6, 6.07) is 7.88. The fourth-order valence-electron chi connectivity index (χ4n) is 2.90. The Kier molecular flexibility index (Phi) is 7.46. The molecule has 1 amide bonds. The molecular formula is C18H20FN6O7P. The molecule has 1 atom stereocenters. The zero-order chi connectivity index (χ0) is 24.2. The summed E-state index contributed by atoms with van der Waals surface area (Å²) in [5.41, 5.74) is 1.83. The van der Waals surface area contributed by atoms with Crippen molar-refractivity contribution in [1.29, 1.82) is 0 Å². The van der Waals surface area contributed by atoms with Gasteiger partial charge in [-0.2, -0.15) is 4.80 Å². The smallest absolute Gasteiger partial charge is 0.441 e. The molecule has 1 aliphatic heterocycles. The van der Waals surface area contributed by atoms with Crippen molar-refractivity contribution in [3.63, 3.8) is 0 Å². The lowest BCUT2D eigenvalue weighted by Gasteiger charge is -2.14. The molecule has 0 saturated carbocycles. The fourth-order valence-corrected chi connectivity index (χ4v) is 2.90. The molecular weight excluding hydrogens is 462 g/mol. The lowest BCUT2D eigenvalue weighted by molar-refractivity contribution is 0.0963. The second kappa shape index (κ2) is 10.1. The predicted molar refractivity (Wildman–Crippen MR) is 111 cm³/mol. The number of ether oxygens (including phenoxy) is 1. The number of nitrogens with zero attached hydrogens (tertiary/aromatic N) is 6. The van der Waals surface area contributed by atoms with Crippen molar-refractivity contribution in [2.24, 2.45) is 0 Å². The topological polar surface area (TPSA) is 184 Å². The van der Waals surface area contributed by atoms with Crippen molar-refractivity contribution >= 4 is 19.6 Å². The Morgan fingerprint density at radius 3 is 2.48 bits per heavy atom. The Labute approximate surface area is 186 Å². The molecule has 1 aliphatic rings. The molecule has 4 rings (SSSR count). The molecule has 3 aromatic rings. The molecule has 2 aromatic heterocycles. The maximum Gasteiger partial charge on any atom is 0.466 e. The van der Waals surface area contributed by atoms with Crippen molar-refractivity contribution in [3.8, 4) is 22.6 Å². The Bertz CT molecular complexity index is 1160. The van der Waals surface area contributed by atoms with E-state index in [1.807, 2.05) is 6.92 Å². The average Bonchev–Trinajstić information content (AvgIpc) is 3.39. The third kappa shape index (κ3) is 6.37. The highest BCUT2D eigenvalue weighted by Crippen LogP contribution is 2.29. The Morgan fingerprint density at radius 2 is 1.97 bits per heavy atom. The van der Waals surface area contributed by atoms with E-state index >= 15 is 0 Å². The van der Waals surface area contributed by atoms with Crippen molar-refractivity contribution in [1.82, 2.24) is 25.2 Å². The summed E-state index contributed by atoms with van der Waals surface area (Å²) in [5, 5.41) is 21.1. The Morgan fingerprint density at radius 1 is 1.24 bits per heavy atom. The van der Waals surface area contributed by atoms with Crippen molar-refractivity contribution in [3.05, 3.63) is 42.3 Å². The van der Waals surface area contributed by atoms with Crippen LogP contribution in [0.3, 0.4) is 0 Å². The monoisotopic (exact) mass is 482 g/mol. The highest BCUT2D eigenvalue weighted by Gasteiger charge is 2.32. The number of phosphoric acid groups is 1. The van der Waals surface area contributed by atoms with E-state index in [9.17, 15) is 9.18 Å². The van der Waals surface area contributed by atoms with Gasteiger partial charge in [-0.15, -0.1) is 10.2 Å². The summed E-state index contributed by atoms with van der Waals surface area (Å²) >= 11 is 0. The Balaban J connectivity index is 0.000000555. The standard InChI is InChI=1S/C18H17FN6O3.H3O4P/c1-2-25-22-17(21-23-25)16-6-3-11(8-20-16)14-5-4-12(7-15(14)19)24-9-13(10-26)28-18(24)27;1-5(2,3)4/h3-8,13,26H,2,9-10H2,1H3;(H3,1,2,3,4)/t13-;/m1./s1. The van der Waals surface area contributed by atoms with Crippen LogP contribution in [0.4, 0.5) is 14.9 Å². The van der Waals surface area contributed by atoms with Crippen LogP contribution in [0.1, 0.15) is 6.92 Å². The van der Waals surface area contributed by atoms with E-state index in [4.69, 9.17) is 29.1 Å². The number of anilines is 1. The van der Waals surface area contributed by atoms with Crippen LogP contribution in [0.5, 0.6) is 0 Å². The zero-order valence-electron chi connectivity index (χ0n) is 17.2.